The molecule has 3 aliphatic heterocycles. The molecular weight excluding hydrogens is 356 g/mol. The maximum Gasteiger partial charge on any atom is 0.208 e. The number of fused-ring (bicyclic) bond motifs is 4. The summed E-state index contributed by atoms with van der Waals surface area (Å²) in [6.45, 7) is 3.54. The van der Waals surface area contributed by atoms with Crippen LogP contribution in [0, 0.1) is 11.8 Å². The van der Waals surface area contributed by atoms with Crippen LogP contribution in [0.2, 0.25) is 0 Å². The van der Waals surface area contributed by atoms with Gasteiger partial charge in [-0.25, -0.2) is 0 Å². The fourth-order valence-corrected chi connectivity index (χ4v) is 6.27. The third-order valence-corrected chi connectivity index (χ3v) is 7.57. The fourth-order valence-electron chi connectivity index (χ4n) is 5.69. The maximum atomic E-state index is 5.46. The molecule has 1 aromatic heterocycles. The Morgan fingerprint density at radius 3 is 3.00 bits per heavy atom. The Balaban J connectivity index is 1.43. The van der Waals surface area contributed by atoms with Crippen LogP contribution in [0.3, 0.4) is 0 Å². The van der Waals surface area contributed by atoms with Gasteiger partial charge in [0, 0.05) is 25.2 Å². The lowest BCUT2D eigenvalue weighted by molar-refractivity contribution is -0.0317. The fraction of sp³-hybridized carbons (Fsp3) is 0.619. The molecule has 6 heteroatoms. The molecule has 1 aromatic carbocycles. The average Bonchev–Trinajstić information content (AvgIpc) is 3.26. The van der Waals surface area contributed by atoms with E-state index in [1.165, 1.54) is 37.8 Å². The topological polar surface area (TPSA) is 41.5 Å². The SMILES string of the molecule is COc1cccc(C[C@H]2[C@H]3C[C@H](CN(c4nncs4)C3)[C@@H]3CCCCN32)c1. The molecule has 27 heavy (non-hydrogen) atoms. The minimum absolute atomic E-state index is 0.620. The van der Waals surface area contributed by atoms with Crippen LogP contribution in [-0.2, 0) is 6.42 Å². The Bertz CT molecular complexity index is 767. The van der Waals surface area contributed by atoms with Gasteiger partial charge < -0.3 is 9.64 Å². The zero-order chi connectivity index (χ0) is 18.2. The zero-order valence-electron chi connectivity index (χ0n) is 16.0. The Morgan fingerprint density at radius 2 is 2.15 bits per heavy atom. The summed E-state index contributed by atoms with van der Waals surface area (Å²) in [6.07, 6.45) is 6.58. The molecule has 0 unspecified atom stereocenters. The van der Waals surface area contributed by atoms with Crippen LogP contribution in [0.1, 0.15) is 31.2 Å². The summed E-state index contributed by atoms with van der Waals surface area (Å²) in [6, 6.07) is 10.0. The number of nitrogens with zero attached hydrogens (tertiary/aromatic N) is 4. The van der Waals surface area contributed by atoms with Crippen molar-refractivity contribution in [1.29, 1.82) is 0 Å². The van der Waals surface area contributed by atoms with Crippen LogP contribution in [0.5, 0.6) is 5.75 Å². The first-order valence-corrected chi connectivity index (χ1v) is 11.1. The lowest BCUT2D eigenvalue weighted by Gasteiger charge is -2.57. The normalized spacial score (nSPS) is 30.8. The van der Waals surface area contributed by atoms with Crippen molar-refractivity contribution < 1.29 is 4.74 Å². The van der Waals surface area contributed by atoms with Crippen molar-refractivity contribution in [2.45, 2.75) is 44.2 Å². The van der Waals surface area contributed by atoms with E-state index in [-0.39, 0.29) is 0 Å². The molecule has 2 bridgehead atoms. The number of piperidine rings is 3. The Hall–Kier alpha value is -1.66. The largest absolute Gasteiger partial charge is 0.497 e. The van der Waals surface area contributed by atoms with Gasteiger partial charge in [0.1, 0.15) is 11.3 Å². The molecule has 0 aliphatic carbocycles. The molecule has 5 rings (SSSR count). The summed E-state index contributed by atoms with van der Waals surface area (Å²) >= 11 is 1.68. The van der Waals surface area contributed by atoms with Crippen LogP contribution in [-0.4, -0.2) is 53.9 Å². The van der Waals surface area contributed by atoms with Crippen molar-refractivity contribution in [3.05, 3.63) is 35.3 Å². The first-order chi connectivity index (χ1) is 13.3. The predicted molar refractivity (Wildman–Crippen MR) is 109 cm³/mol. The van der Waals surface area contributed by atoms with Crippen LogP contribution in [0.15, 0.2) is 29.8 Å². The molecule has 0 spiro atoms. The quantitative estimate of drug-likeness (QED) is 0.807. The summed E-state index contributed by atoms with van der Waals surface area (Å²) in [7, 11) is 1.76. The van der Waals surface area contributed by atoms with E-state index in [1.54, 1.807) is 18.4 Å². The number of ether oxygens (including phenoxy) is 1. The van der Waals surface area contributed by atoms with Gasteiger partial charge >= 0.3 is 0 Å². The number of benzene rings is 1. The number of hydrogen-bond acceptors (Lipinski definition) is 6. The van der Waals surface area contributed by atoms with Gasteiger partial charge in [0.05, 0.1) is 7.11 Å². The Morgan fingerprint density at radius 1 is 1.22 bits per heavy atom. The molecule has 3 fully saturated rings. The molecule has 4 heterocycles. The van der Waals surface area contributed by atoms with Crippen LogP contribution >= 0.6 is 11.3 Å². The van der Waals surface area contributed by atoms with Crippen molar-refractivity contribution >= 4 is 16.5 Å². The van der Waals surface area contributed by atoms with Crippen molar-refractivity contribution in [1.82, 2.24) is 15.1 Å². The highest BCUT2D eigenvalue weighted by Gasteiger charge is 2.47. The first kappa shape index (κ1) is 17.4. The second-order valence-corrected chi connectivity index (χ2v) is 9.12. The van der Waals surface area contributed by atoms with Crippen molar-refractivity contribution in [2.75, 3.05) is 31.6 Å². The molecule has 0 radical (unpaired) electrons. The molecule has 2 aromatic rings. The number of anilines is 1. The summed E-state index contributed by atoms with van der Waals surface area (Å²) in [4.78, 5) is 5.39. The maximum absolute atomic E-state index is 5.46. The minimum atomic E-state index is 0.620. The molecule has 144 valence electrons. The standard InChI is InChI=1S/C21H28N4OS/c1-26-18-6-4-5-15(9-18)10-20-17-11-16(19-7-2-3-8-25(19)20)12-24(13-17)21-23-22-14-27-21/h4-6,9,14,16-17,19-20H,2-3,7-8,10-13H2,1H3/t16-,17+,19+,20+/m1/s1. The molecular formula is C21H28N4OS. The average molecular weight is 385 g/mol. The first-order valence-electron chi connectivity index (χ1n) is 10.2. The smallest absolute Gasteiger partial charge is 0.208 e. The summed E-state index contributed by atoms with van der Waals surface area (Å²) < 4.78 is 5.46. The van der Waals surface area contributed by atoms with E-state index in [0.29, 0.717) is 12.0 Å². The van der Waals surface area contributed by atoms with Crippen LogP contribution in [0.25, 0.3) is 0 Å². The van der Waals surface area contributed by atoms with Gasteiger partial charge in [0.2, 0.25) is 5.13 Å². The zero-order valence-corrected chi connectivity index (χ0v) is 16.8. The highest BCUT2D eigenvalue weighted by atomic mass is 32.1. The molecule has 5 nitrogen and oxygen atoms in total. The van der Waals surface area contributed by atoms with Gasteiger partial charge in [0.25, 0.3) is 0 Å². The second kappa shape index (κ2) is 7.40. The molecule has 3 saturated heterocycles. The number of hydrogen-bond donors (Lipinski definition) is 0. The van der Waals surface area contributed by atoms with Gasteiger partial charge in [-0.3, -0.25) is 4.90 Å². The van der Waals surface area contributed by atoms with E-state index in [1.807, 2.05) is 11.6 Å². The number of methoxy groups -OCH3 is 1. The van der Waals surface area contributed by atoms with Gasteiger partial charge in [-0.2, -0.15) is 0 Å². The van der Waals surface area contributed by atoms with E-state index < -0.39 is 0 Å². The monoisotopic (exact) mass is 384 g/mol. The molecule has 0 amide bonds. The minimum Gasteiger partial charge on any atom is -0.497 e. The van der Waals surface area contributed by atoms with Crippen molar-refractivity contribution in [2.24, 2.45) is 11.8 Å². The third kappa shape index (κ3) is 3.34. The number of aromatic nitrogens is 2. The molecule has 0 N–H and O–H groups in total. The summed E-state index contributed by atoms with van der Waals surface area (Å²) in [5.74, 6) is 2.44. The lowest BCUT2D eigenvalue weighted by Crippen LogP contribution is -2.64. The van der Waals surface area contributed by atoms with E-state index in [0.717, 1.165) is 42.4 Å². The van der Waals surface area contributed by atoms with Gasteiger partial charge in [-0.1, -0.05) is 29.9 Å². The van der Waals surface area contributed by atoms with Crippen molar-refractivity contribution in [3.63, 3.8) is 0 Å². The Labute approximate surface area is 165 Å². The predicted octanol–water partition coefficient (Wildman–Crippen LogP) is 3.47. The molecule has 0 saturated carbocycles. The summed E-state index contributed by atoms with van der Waals surface area (Å²) in [5.41, 5.74) is 3.26. The number of rotatable bonds is 4. The van der Waals surface area contributed by atoms with Gasteiger partial charge in [-0.05, 0) is 61.8 Å². The van der Waals surface area contributed by atoms with E-state index in [2.05, 4.69) is 38.2 Å². The van der Waals surface area contributed by atoms with E-state index in [4.69, 9.17) is 4.74 Å². The molecule has 3 aliphatic rings. The van der Waals surface area contributed by atoms with E-state index in [9.17, 15) is 0 Å². The van der Waals surface area contributed by atoms with Crippen molar-refractivity contribution in [3.8, 4) is 5.75 Å². The summed E-state index contributed by atoms with van der Waals surface area (Å²) in [5, 5.41) is 9.55. The van der Waals surface area contributed by atoms with Gasteiger partial charge in [-0.15, -0.1) is 10.2 Å². The lowest BCUT2D eigenvalue weighted by atomic mass is 9.71. The van der Waals surface area contributed by atoms with E-state index >= 15 is 0 Å². The molecule has 4 atom stereocenters. The third-order valence-electron chi connectivity index (χ3n) is 6.82. The Kier molecular flexibility index (Phi) is 4.78. The highest BCUT2D eigenvalue weighted by Crippen LogP contribution is 2.43. The highest BCUT2D eigenvalue weighted by molar-refractivity contribution is 7.13. The second-order valence-electron chi connectivity index (χ2n) is 8.31. The van der Waals surface area contributed by atoms with Crippen LogP contribution in [0.4, 0.5) is 5.13 Å². The van der Waals surface area contributed by atoms with Crippen LogP contribution < -0.4 is 9.64 Å². The van der Waals surface area contributed by atoms with Gasteiger partial charge in [0.15, 0.2) is 0 Å².